The molecule has 170 valence electrons. The van der Waals surface area contributed by atoms with Gasteiger partial charge in [-0.25, -0.2) is 0 Å². The van der Waals surface area contributed by atoms with Crippen molar-refractivity contribution in [3.63, 3.8) is 0 Å². The third-order valence-electron chi connectivity index (χ3n) is 5.62. The molecule has 0 radical (unpaired) electrons. The van der Waals surface area contributed by atoms with Crippen LogP contribution in [0.1, 0.15) is 55.3 Å². The van der Waals surface area contributed by atoms with Crippen LogP contribution in [-0.2, 0) is 14.3 Å². The van der Waals surface area contributed by atoms with Gasteiger partial charge in [-0.2, -0.15) is 0 Å². The Balaban J connectivity index is 1.39. The zero-order valence-corrected chi connectivity index (χ0v) is 18.4. The van der Waals surface area contributed by atoms with Gasteiger partial charge in [-0.1, -0.05) is 32.1 Å². The number of anilines is 2. The van der Waals surface area contributed by atoms with E-state index in [2.05, 4.69) is 10.6 Å². The first-order valence-corrected chi connectivity index (χ1v) is 11.0. The summed E-state index contributed by atoms with van der Waals surface area (Å²) in [4.78, 5) is 36.3. The minimum absolute atomic E-state index is 0.264. The normalized spacial score (nSPS) is 13.8. The van der Waals surface area contributed by atoms with E-state index in [1.54, 1.807) is 55.6 Å². The van der Waals surface area contributed by atoms with Crippen LogP contribution in [0, 0.1) is 5.92 Å². The molecule has 0 aromatic heterocycles. The molecule has 0 saturated heterocycles. The average Bonchev–Trinajstić information content (AvgIpc) is 2.83. The van der Waals surface area contributed by atoms with E-state index in [9.17, 15) is 14.4 Å². The second kappa shape index (κ2) is 11.9. The number of ether oxygens (including phenoxy) is 2. The largest absolute Gasteiger partial charge is 0.497 e. The number of nitrogens with one attached hydrogen (secondary N) is 2. The van der Waals surface area contributed by atoms with Crippen molar-refractivity contribution in [2.24, 2.45) is 5.92 Å². The number of hydrogen-bond acceptors (Lipinski definition) is 5. The van der Waals surface area contributed by atoms with Gasteiger partial charge in [0.2, 0.25) is 0 Å². The Hall–Kier alpha value is -3.35. The fourth-order valence-electron chi connectivity index (χ4n) is 3.80. The Labute approximate surface area is 188 Å². The summed E-state index contributed by atoms with van der Waals surface area (Å²) in [6, 6.07) is 13.5. The molecule has 0 heterocycles. The predicted molar refractivity (Wildman–Crippen MR) is 123 cm³/mol. The Kier molecular flexibility index (Phi) is 8.66. The molecule has 7 heteroatoms. The van der Waals surface area contributed by atoms with Crippen molar-refractivity contribution in [2.45, 2.75) is 44.9 Å². The van der Waals surface area contributed by atoms with Gasteiger partial charge < -0.3 is 20.1 Å². The molecule has 0 bridgehead atoms. The highest BCUT2D eigenvalue weighted by atomic mass is 16.5. The van der Waals surface area contributed by atoms with Crippen LogP contribution in [0.5, 0.6) is 5.75 Å². The van der Waals surface area contributed by atoms with Crippen molar-refractivity contribution in [1.29, 1.82) is 0 Å². The van der Waals surface area contributed by atoms with E-state index in [0.717, 1.165) is 6.42 Å². The van der Waals surface area contributed by atoms with Gasteiger partial charge in [-0.3, -0.25) is 14.4 Å². The number of benzene rings is 2. The summed E-state index contributed by atoms with van der Waals surface area (Å²) in [7, 11) is 1.58. The summed E-state index contributed by atoms with van der Waals surface area (Å²) in [5, 5.41) is 5.47. The Morgan fingerprint density at radius 1 is 0.875 bits per heavy atom. The van der Waals surface area contributed by atoms with Crippen LogP contribution in [0.4, 0.5) is 11.4 Å². The number of carbonyl (C=O) groups is 3. The number of rotatable bonds is 9. The van der Waals surface area contributed by atoms with E-state index in [-0.39, 0.29) is 18.5 Å². The Bertz CT molecular complexity index is 903. The van der Waals surface area contributed by atoms with Crippen molar-refractivity contribution < 1.29 is 23.9 Å². The first-order valence-electron chi connectivity index (χ1n) is 11.0. The van der Waals surface area contributed by atoms with Crippen molar-refractivity contribution in [1.82, 2.24) is 0 Å². The first-order chi connectivity index (χ1) is 15.5. The zero-order chi connectivity index (χ0) is 22.8. The molecular weight excluding hydrogens is 408 g/mol. The molecule has 1 saturated carbocycles. The highest BCUT2D eigenvalue weighted by Gasteiger charge is 2.16. The van der Waals surface area contributed by atoms with Crippen molar-refractivity contribution in [2.75, 3.05) is 24.4 Å². The van der Waals surface area contributed by atoms with Crippen molar-refractivity contribution >= 4 is 29.2 Å². The lowest BCUT2D eigenvalue weighted by molar-refractivity contribution is -0.147. The summed E-state index contributed by atoms with van der Waals surface area (Å²) in [5.41, 5.74) is 1.63. The van der Waals surface area contributed by atoms with E-state index < -0.39 is 5.91 Å². The summed E-state index contributed by atoms with van der Waals surface area (Å²) in [5.74, 6) is 0.297. The second-order valence-corrected chi connectivity index (χ2v) is 8.01. The van der Waals surface area contributed by atoms with E-state index in [1.807, 2.05) is 0 Å². The minimum Gasteiger partial charge on any atom is -0.497 e. The van der Waals surface area contributed by atoms with Gasteiger partial charge in [0.05, 0.1) is 7.11 Å². The fourth-order valence-corrected chi connectivity index (χ4v) is 3.80. The molecule has 2 aromatic carbocycles. The molecule has 1 fully saturated rings. The molecule has 0 aliphatic heterocycles. The first kappa shape index (κ1) is 23.3. The zero-order valence-electron chi connectivity index (χ0n) is 18.4. The lowest BCUT2D eigenvalue weighted by Gasteiger charge is -2.20. The maximum absolute atomic E-state index is 12.4. The third kappa shape index (κ3) is 7.41. The molecule has 1 aliphatic carbocycles. The Morgan fingerprint density at radius 2 is 1.50 bits per heavy atom. The quantitative estimate of drug-likeness (QED) is 0.549. The van der Waals surface area contributed by atoms with Crippen LogP contribution in [-0.4, -0.2) is 31.5 Å². The molecule has 1 aliphatic rings. The summed E-state index contributed by atoms with van der Waals surface area (Å²) in [6.07, 6.45) is 7.32. The molecule has 0 spiro atoms. The predicted octanol–water partition coefficient (Wildman–Crippen LogP) is 4.79. The van der Waals surface area contributed by atoms with Crippen LogP contribution in [0.15, 0.2) is 48.5 Å². The smallest absolute Gasteiger partial charge is 0.306 e. The van der Waals surface area contributed by atoms with Gasteiger partial charge in [0.25, 0.3) is 11.8 Å². The van der Waals surface area contributed by atoms with Gasteiger partial charge in [0.1, 0.15) is 5.75 Å². The molecule has 7 nitrogen and oxygen atoms in total. The number of esters is 1. The van der Waals surface area contributed by atoms with Crippen LogP contribution in [0.25, 0.3) is 0 Å². The fraction of sp³-hybridized carbons (Fsp3) is 0.400. The average molecular weight is 439 g/mol. The van der Waals surface area contributed by atoms with Crippen molar-refractivity contribution in [3.8, 4) is 5.75 Å². The summed E-state index contributed by atoms with van der Waals surface area (Å²) >= 11 is 0. The topological polar surface area (TPSA) is 93.7 Å². The molecule has 2 N–H and O–H groups in total. The third-order valence-corrected chi connectivity index (χ3v) is 5.62. The van der Waals surface area contributed by atoms with Gasteiger partial charge in [0.15, 0.2) is 6.61 Å². The van der Waals surface area contributed by atoms with E-state index in [4.69, 9.17) is 9.47 Å². The maximum atomic E-state index is 12.4. The number of carbonyl (C=O) groups excluding carboxylic acids is 3. The number of methoxy groups -OCH3 is 1. The van der Waals surface area contributed by atoms with Gasteiger partial charge >= 0.3 is 5.97 Å². The van der Waals surface area contributed by atoms with E-state index in [1.165, 1.54) is 32.1 Å². The summed E-state index contributed by atoms with van der Waals surface area (Å²) in [6.45, 7) is -0.316. The van der Waals surface area contributed by atoms with E-state index >= 15 is 0 Å². The standard InChI is InChI=1S/C25H30N2O5/c1-31-22-14-12-21(13-15-22)27-25(30)19-8-10-20(11-9-19)26-23(28)17-32-24(29)16-7-18-5-3-2-4-6-18/h8-15,18H,2-7,16-17H2,1H3,(H,26,28)(H,27,30). The van der Waals surface area contributed by atoms with Gasteiger partial charge in [-0.15, -0.1) is 0 Å². The monoisotopic (exact) mass is 438 g/mol. The minimum atomic E-state index is -0.411. The second-order valence-electron chi connectivity index (χ2n) is 8.01. The highest BCUT2D eigenvalue weighted by molar-refractivity contribution is 6.04. The van der Waals surface area contributed by atoms with E-state index in [0.29, 0.717) is 35.0 Å². The molecule has 2 amide bonds. The van der Waals surface area contributed by atoms with Crippen molar-refractivity contribution in [3.05, 3.63) is 54.1 Å². The summed E-state index contributed by atoms with van der Waals surface area (Å²) < 4.78 is 10.2. The molecular formula is C25H30N2O5. The lowest BCUT2D eigenvalue weighted by Crippen LogP contribution is -2.21. The van der Waals surface area contributed by atoms with Gasteiger partial charge in [0, 0.05) is 23.4 Å². The number of amides is 2. The highest BCUT2D eigenvalue weighted by Crippen LogP contribution is 2.27. The van der Waals surface area contributed by atoms with Crippen LogP contribution < -0.4 is 15.4 Å². The van der Waals surface area contributed by atoms with Crippen LogP contribution in [0.3, 0.4) is 0 Å². The SMILES string of the molecule is COc1ccc(NC(=O)c2ccc(NC(=O)COC(=O)CCC3CCCCC3)cc2)cc1. The van der Waals surface area contributed by atoms with Crippen LogP contribution in [0.2, 0.25) is 0 Å². The van der Waals surface area contributed by atoms with Crippen LogP contribution >= 0.6 is 0 Å². The van der Waals surface area contributed by atoms with Gasteiger partial charge in [-0.05, 0) is 60.9 Å². The molecule has 2 aromatic rings. The molecule has 32 heavy (non-hydrogen) atoms. The molecule has 3 rings (SSSR count). The number of hydrogen-bond donors (Lipinski definition) is 2. The molecule has 0 unspecified atom stereocenters. The lowest BCUT2D eigenvalue weighted by atomic mass is 9.86. The molecule has 0 atom stereocenters. The Morgan fingerprint density at radius 3 is 2.16 bits per heavy atom. The maximum Gasteiger partial charge on any atom is 0.306 e.